The summed E-state index contributed by atoms with van der Waals surface area (Å²) < 4.78 is 6.63. The van der Waals surface area contributed by atoms with Gasteiger partial charge in [0.15, 0.2) is 5.49 Å². The number of halogens is 1. The molecule has 0 amide bonds. The van der Waals surface area contributed by atoms with Crippen molar-refractivity contribution in [1.29, 1.82) is 5.41 Å². The molecule has 0 fully saturated rings. The predicted octanol–water partition coefficient (Wildman–Crippen LogP) is 3.37. The molecule has 0 bridgehead atoms. The van der Waals surface area contributed by atoms with Crippen LogP contribution in [0.1, 0.15) is 0 Å². The van der Waals surface area contributed by atoms with E-state index in [-0.39, 0.29) is 5.49 Å². The van der Waals surface area contributed by atoms with Crippen LogP contribution in [0.2, 0.25) is 5.02 Å². The zero-order valence-electron chi connectivity index (χ0n) is 13.2. The van der Waals surface area contributed by atoms with Gasteiger partial charge in [-0.1, -0.05) is 23.7 Å². The molecular weight excluding hydrogens is 326 g/mol. The second-order valence-corrected chi connectivity index (χ2v) is 5.50. The SMILES string of the molecule is COc1ccc(-c2nc(Nc3ccccc3Cl)nn(C)c2=N)cc1. The van der Waals surface area contributed by atoms with E-state index in [2.05, 4.69) is 15.4 Å². The number of anilines is 2. The van der Waals surface area contributed by atoms with Crippen LogP contribution in [0.5, 0.6) is 5.75 Å². The Morgan fingerprint density at radius 2 is 1.83 bits per heavy atom. The van der Waals surface area contributed by atoms with Crippen molar-refractivity contribution in [3.8, 4) is 17.0 Å². The molecule has 1 aromatic heterocycles. The van der Waals surface area contributed by atoms with E-state index in [1.54, 1.807) is 20.2 Å². The lowest BCUT2D eigenvalue weighted by atomic mass is 10.1. The minimum atomic E-state index is 0.213. The van der Waals surface area contributed by atoms with E-state index >= 15 is 0 Å². The van der Waals surface area contributed by atoms with Crippen molar-refractivity contribution in [2.75, 3.05) is 12.4 Å². The number of para-hydroxylation sites is 1. The van der Waals surface area contributed by atoms with E-state index in [9.17, 15) is 0 Å². The molecular formula is C17H16ClN5O. The summed E-state index contributed by atoms with van der Waals surface area (Å²) in [5.74, 6) is 1.12. The molecule has 24 heavy (non-hydrogen) atoms. The van der Waals surface area contributed by atoms with Crippen LogP contribution in [0, 0.1) is 5.41 Å². The smallest absolute Gasteiger partial charge is 0.245 e. The van der Waals surface area contributed by atoms with Gasteiger partial charge in [0.25, 0.3) is 0 Å². The quantitative estimate of drug-likeness (QED) is 0.763. The second kappa shape index (κ2) is 6.72. The van der Waals surface area contributed by atoms with Gasteiger partial charge in [-0.15, -0.1) is 5.10 Å². The fourth-order valence-corrected chi connectivity index (χ4v) is 2.40. The summed E-state index contributed by atoms with van der Waals surface area (Å²) in [6.45, 7) is 0. The van der Waals surface area contributed by atoms with Crippen molar-refractivity contribution in [2.24, 2.45) is 7.05 Å². The number of nitrogens with one attached hydrogen (secondary N) is 2. The Kier molecular flexibility index (Phi) is 4.48. The number of hydrogen-bond acceptors (Lipinski definition) is 5. The third-order valence-corrected chi connectivity index (χ3v) is 3.82. The maximum atomic E-state index is 8.20. The van der Waals surface area contributed by atoms with Crippen molar-refractivity contribution < 1.29 is 4.74 Å². The van der Waals surface area contributed by atoms with Crippen molar-refractivity contribution in [3.63, 3.8) is 0 Å². The minimum absolute atomic E-state index is 0.213. The van der Waals surface area contributed by atoms with Crippen molar-refractivity contribution in [2.45, 2.75) is 0 Å². The summed E-state index contributed by atoms with van der Waals surface area (Å²) >= 11 is 6.16. The van der Waals surface area contributed by atoms with Crippen molar-refractivity contribution >= 4 is 23.2 Å². The minimum Gasteiger partial charge on any atom is -0.497 e. The Morgan fingerprint density at radius 1 is 1.12 bits per heavy atom. The zero-order valence-corrected chi connectivity index (χ0v) is 14.0. The third-order valence-electron chi connectivity index (χ3n) is 3.49. The largest absolute Gasteiger partial charge is 0.497 e. The summed E-state index contributed by atoms with van der Waals surface area (Å²) in [5, 5.41) is 16.1. The molecule has 0 aliphatic carbocycles. The number of aryl methyl sites for hydroxylation is 1. The number of hydrogen-bond donors (Lipinski definition) is 2. The van der Waals surface area contributed by atoms with Crippen LogP contribution < -0.4 is 15.5 Å². The highest BCUT2D eigenvalue weighted by Gasteiger charge is 2.10. The normalized spacial score (nSPS) is 10.5. The van der Waals surface area contributed by atoms with Crippen LogP contribution in [0.15, 0.2) is 48.5 Å². The zero-order chi connectivity index (χ0) is 17.1. The molecule has 3 rings (SSSR count). The average Bonchev–Trinajstić information content (AvgIpc) is 2.60. The van der Waals surface area contributed by atoms with Gasteiger partial charge in [0.2, 0.25) is 5.95 Å². The lowest BCUT2D eigenvalue weighted by Gasteiger charge is -2.11. The van der Waals surface area contributed by atoms with E-state index in [0.29, 0.717) is 22.4 Å². The Labute approximate surface area is 144 Å². The van der Waals surface area contributed by atoms with E-state index in [0.717, 1.165) is 11.3 Å². The Bertz CT molecular complexity index is 921. The number of rotatable bonds is 4. The van der Waals surface area contributed by atoms with Gasteiger partial charge >= 0.3 is 0 Å². The molecule has 7 heteroatoms. The number of aromatic nitrogens is 3. The topological polar surface area (TPSA) is 75.8 Å². The van der Waals surface area contributed by atoms with Gasteiger partial charge in [-0.3, -0.25) is 5.41 Å². The molecule has 0 aliphatic heterocycles. The number of nitrogens with zero attached hydrogens (tertiary/aromatic N) is 3. The highest BCUT2D eigenvalue weighted by atomic mass is 35.5. The molecule has 3 aromatic rings. The van der Waals surface area contributed by atoms with Gasteiger partial charge in [0, 0.05) is 12.6 Å². The van der Waals surface area contributed by atoms with Gasteiger partial charge in [-0.25, -0.2) is 9.67 Å². The first-order chi connectivity index (χ1) is 11.6. The van der Waals surface area contributed by atoms with Crippen LogP contribution in [0.4, 0.5) is 11.6 Å². The summed E-state index contributed by atoms with van der Waals surface area (Å²) in [6.07, 6.45) is 0. The van der Waals surface area contributed by atoms with Crippen LogP contribution in [-0.4, -0.2) is 21.9 Å². The molecule has 122 valence electrons. The molecule has 0 aliphatic rings. The van der Waals surface area contributed by atoms with E-state index < -0.39 is 0 Å². The molecule has 6 nitrogen and oxygen atoms in total. The molecule has 1 heterocycles. The van der Waals surface area contributed by atoms with E-state index in [1.807, 2.05) is 42.5 Å². The summed E-state index contributed by atoms with van der Waals surface area (Å²) in [5.41, 5.74) is 2.24. The van der Waals surface area contributed by atoms with Gasteiger partial charge in [-0.2, -0.15) is 0 Å². The Morgan fingerprint density at radius 3 is 2.50 bits per heavy atom. The Balaban J connectivity index is 2.02. The first kappa shape index (κ1) is 16.0. The average molecular weight is 342 g/mol. The van der Waals surface area contributed by atoms with E-state index in [4.69, 9.17) is 21.7 Å². The molecule has 0 radical (unpaired) electrons. The fraction of sp³-hybridized carbons (Fsp3) is 0.118. The van der Waals surface area contributed by atoms with Crippen LogP contribution >= 0.6 is 11.6 Å². The van der Waals surface area contributed by atoms with Gasteiger partial charge in [0.1, 0.15) is 11.4 Å². The number of ether oxygens (including phenoxy) is 1. The highest BCUT2D eigenvalue weighted by Crippen LogP contribution is 2.24. The Hall–Kier alpha value is -2.86. The first-order valence-electron chi connectivity index (χ1n) is 7.24. The molecule has 2 N–H and O–H groups in total. The maximum absolute atomic E-state index is 8.20. The standard InChI is InChI=1S/C17H16ClN5O/c1-23-16(19)15(11-7-9-12(24-2)10-8-11)21-17(22-23)20-14-6-4-3-5-13(14)18/h3-10,19H,1-2H3,(H,20,22). The molecule has 0 spiro atoms. The van der Waals surface area contributed by atoms with Gasteiger partial charge < -0.3 is 10.1 Å². The molecule has 2 aromatic carbocycles. The molecule has 0 saturated heterocycles. The van der Waals surface area contributed by atoms with Crippen LogP contribution in [-0.2, 0) is 7.05 Å². The predicted molar refractivity (Wildman–Crippen MR) is 93.6 cm³/mol. The number of benzene rings is 2. The van der Waals surface area contributed by atoms with Gasteiger partial charge in [0.05, 0.1) is 17.8 Å². The fourth-order valence-electron chi connectivity index (χ4n) is 2.21. The maximum Gasteiger partial charge on any atom is 0.245 e. The van der Waals surface area contributed by atoms with Crippen LogP contribution in [0.25, 0.3) is 11.3 Å². The second-order valence-electron chi connectivity index (χ2n) is 5.09. The lowest BCUT2D eigenvalue weighted by Crippen LogP contribution is -2.24. The molecule has 0 atom stereocenters. The monoisotopic (exact) mass is 341 g/mol. The highest BCUT2D eigenvalue weighted by molar-refractivity contribution is 6.33. The summed E-state index contributed by atoms with van der Waals surface area (Å²) in [4.78, 5) is 4.47. The van der Waals surface area contributed by atoms with Crippen molar-refractivity contribution in [1.82, 2.24) is 14.8 Å². The van der Waals surface area contributed by atoms with Crippen LogP contribution in [0.3, 0.4) is 0 Å². The van der Waals surface area contributed by atoms with Gasteiger partial charge in [-0.05, 0) is 36.4 Å². The molecule has 0 unspecified atom stereocenters. The summed E-state index contributed by atoms with van der Waals surface area (Å²) in [7, 11) is 3.32. The molecule has 0 saturated carbocycles. The van der Waals surface area contributed by atoms with E-state index in [1.165, 1.54) is 4.68 Å². The summed E-state index contributed by atoms with van der Waals surface area (Å²) in [6, 6.07) is 14.7. The lowest BCUT2D eigenvalue weighted by molar-refractivity contribution is 0.415. The van der Waals surface area contributed by atoms with Crippen molar-refractivity contribution in [3.05, 3.63) is 59.0 Å². The number of methoxy groups -OCH3 is 1. The first-order valence-corrected chi connectivity index (χ1v) is 7.62. The third kappa shape index (κ3) is 3.23.